The van der Waals surface area contributed by atoms with Crippen molar-refractivity contribution in [2.75, 3.05) is 10.2 Å². The fourth-order valence-corrected chi connectivity index (χ4v) is 5.63. The van der Waals surface area contributed by atoms with E-state index < -0.39 is 40.5 Å². The van der Waals surface area contributed by atoms with Gasteiger partial charge in [0.15, 0.2) is 5.78 Å². The summed E-state index contributed by atoms with van der Waals surface area (Å²) >= 11 is 0. The molecule has 5 rings (SSSR count). The Morgan fingerprint density at radius 2 is 1.78 bits per heavy atom. The van der Waals surface area contributed by atoms with E-state index in [0.29, 0.717) is 18.5 Å². The lowest BCUT2D eigenvalue weighted by Gasteiger charge is -2.39. The molecule has 1 heterocycles. The molecule has 3 aromatic carbocycles. The fraction of sp³-hybridized carbons (Fsp3) is 0.333. The zero-order valence-corrected chi connectivity index (χ0v) is 23.6. The van der Waals surface area contributed by atoms with Crippen LogP contribution in [0.3, 0.4) is 0 Å². The molecule has 0 saturated carbocycles. The summed E-state index contributed by atoms with van der Waals surface area (Å²) in [5.74, 6) is -3.35. The molecule has 6 nitrogen and oxygen atoms in total. The Kier molecular flexibility index (Phi) is 7.60. The Hall–Kier alpha value is -4.20. The number of para-hydroxylation sites is 1. The highest BCUT2D eigenvalue weighted by atomic mass is 19.1. The second-order valence-electron chi connectivity index (χ2n) is 11.5. The molecule has 2 aliphatic rings. The van der Waals surface area contributed by atoms with Crippen LogP contribution in [0.1, 0.15) is 64.1 Å². The molecule has 1 aliphatic carbocycles. The third-order valence-electron chi connectivity index (χ3n) is 8.06. The van der Waals surface area contributed by atoms with E-state index in [9.17, 15) is 14.7 Å². The monoisotopic (exact) mass is 560 g/mol. The predicted octanol–water partition coefficient (Wildman–Crippen LogP) is 7.44. The molecule has 214 valence electrons. The molecular weight excluding hydrogens is 526 g/mol. The third kappa shape index (κ3) is 5.31. The molecule has 2 atom stereocenters. The van der Waals surface area contributed by atoms with Crippen molar-refractivity contribution in [3.8, 4) is 11.5 Å². The molecule has 2 N–H and O–H groups in total. The lowest BCUT2D eigenvalue weighted by molar-refractivity contribution is -0.122. The van der Waals surface area contributed by atoms with Crippen molar-refractivity contribution in [1.29, 1.82) is 0 Å². The van der Waals surface area contributed by atoms with Crippen LogP contribution >= 0.6 is 0 Å². The van der Waals surface area contributed by atoms with E-state index in [2.05, 4.69) is 5.32 Å². The molecular formula is C33H34F2N2O4. The van der Waals surface area contributed by atoms with Crippen molar-refractivity contribution < 1.29 is 28.2 Å². The van der Waals surface area contributed by atoms with Crippen LogP contribution in [-0.4, -0.2) is 16.8 Å². The molecule has 0 radical (unpaired) electrons. The maximum Gasteiger partial charge on any atom is 0.230 e. The lowest BCUT2D eigenvalue weighted by atomic mass is 9.70. The van der Waals surface area contributed by atoms with E-state index >= 15 is 8.78 Å². The Morgan fingerprint density at radius 3 is 2.41 bits per heavy atom. The minimum Gasteiger partial charge on any atom is -0.506 e. The van der Waals surface area contributed by atoms with Crippen molar-refractivity contribution >= 4 is 23.1 Å². The van der Waals surface area contributed by atoms with Crippen molar-refractivity contribution in [3.63, 3.8) is 0 Å². The van der Waals surface area contributed by atoms with Crippen LogP contribution in [0.4, 0.5) is 20.2 Å². The van der Waals surface area contributed by atoms with E-state index in [0.717, 1.165) is 17.7 Å². The number of halogens is 2. The number of hydrogen-bond acceptors (Lipinski definition) is 5. The molecule has 0 aromatic heterocycles. The zero-order chi connectivity index (χ0) is 29.5. The van der Waals surface area contributed by atoms with E-state index in [-0.39, 0.29) is 47.3 Å². The first-order valence-electron chi connectivity index (χ1n) is 13.9. The number of fused-ring (bicyclic) bond motifs is 1. The largest absolute Gasteiger partial charge is 0.506 e. The minimum atomic E-state index is -1.40. The van der Waals surface area contributed by atoms with Crippen LogP contribution in [0, 0.1) is 23.0 Å². The van der Waals surface area contributed by atoms with E-state index in [1.165, 1.54) is 11.0 Å². The third-order valence-corrected chi connectivity index (χ3v) is 8.06. The summed E-state index contributed by atoms with van der Waals surface area (Å²) in [6.45, 7) is 7.44. The number of amides is 1. The maximum atomic E-state index is 16.1. The van der Waals surface area contributed by atoms with Crippen molar-refractivity contribution in [2.45, 2.75) is 59.6 Å². The summed E-state index contributed by atoms with van der Waals surface area (Å²) in [7, 11) is 0. The first-order chi connectivity index (χ1) is 19.5. The summed E-state index contributed by atoms with van der Waals surface area (Å²) in [6, 6.07) is 14.6. The Balaban J connectivity index is 1.71. The van der Waals surface area contributed by atoms with E-state index in [1.807, 2.05) is 44.2 Å². The quantitative estimate of drug-likeness (QED) is 0.307. The Morgan fingerprint density at radius 1 is 1.10 bits per heavy atom. The summed E-state index contributed by atoms with van der Waals surface area (Å²) in [5.41, 5.74) is 1.02. The zero-order valence-electron chi connectivity index (χ0n) is 23.6. The number of hydrogen-bond donors (Lipinski definition) is 2. The SMILES string of the molecule is CCC1(C)CC(=O)C2=C(C1)Nc1c(O)cccc1N(C(=O)C(C)C)C2c1c(F)cc(OCc2ccccc2)cc1F. The molecule has 1 aliphatic heterocycles. The van der Waals surface area contributed by atoms with Gasteiger partial charge >= 0.3 is 0 Å². The number of benzene rings is 3. The molecule has 0 saturated heterocycles. The van der Waals surface area contributed by atoms with Crippen LogP contribution in [-0.2, 0) is 16.2 Å². The predicted molar refractivity (Wildman–Crippen MR) is 154 cm³/mol. The average Bonchev–Trinajstić information content (AvgIpc) is 3.07. The number of ketones is 1. The van der Waals surface area contributed by atoms with Crippen LogP contribution in [0.25, 0.3) is 0 Å². The Labute approximate surface area is 238 Å². The highest BCUT2D eigenvalue weighted by molar-refractivity contribution is 6.07. The first-order valence-corrected chi connectivity index (χ1v) is 13.9. The molecule has 1 amide bonds. The van der Waals surface area contributed by atoms with Gasteiger partial charge in [-0.1, -0.05) is 64.1 Å². The van der Waals surface area contributed by atoms with Gasteiger partial charge < -0.3 is 15.2 Å². The van der Waals surface area contributed by atoms with Gasteiger partial charge in [0.1, 0.15) is 35.4 Å². The molecule has 0 spiro atoms. The molecule has 3 aromatic rings. The summed E-state index contributed by atoms with van der Waals surface area (Å²) in [4.78, 5) is 29.0. The number of ether oxygens (including phenoxy) is 1. The van der Waals surface area contributed by atoms with Gasteiger partial charge in [0.25, 0.3) is 0 Å². The minimum absolute atomic E-state index is 0.0122. The van der Waals surface area contributed by atoms with Crippen molar-refractivity contribution in [1.82, 2.24) is 0 Å². The number of carbonyl (C=O) groups excluding carboxylic acids is 2. The van der Waals surface area contributed by atoms with Crippen molar-refractivity contribution in [2.24, 2.45) is 11.3 Å². The smallest absolute Gasteiger partial charge is 0.230 e. The summed E-state index contributed by atoms with van der Waals surface area (Å²) in [5, 5.41) is 14.1. The second kappa shape index (κ2) is 11.0. The maximum absolute atomic E-state index is 16.1. The van der Waals surface area contributed by atoms with Gasteiger partial charge in [-0.2, -0.15) is 0 Å². The fourth-order valence-electron chi connectivity index (χ4n) is 5.63. The molecule has 41 heavy (non-hydrogen) atoms. The lowest BCUT2D eigenvalue weighted by Crippen LogP contribution is -2.42. The number of phenolic OH excluding ortho intramolecular Hbond substituents is 1. The van der Waals surface area contributed by atoms with Gasteiger partial charge in [0, 0.05) is 35.7 Å². The first kappa shape index (κ1) is 28.3. The van der Waals surface area contributed by atoms with E-state index in [4.69, 9.17) is 4.74 Å². The standard InChI is InChI=1S/C33H34F2N2O4/c1-5-33(4)16-24-29(27(39)17-33)31(37(32(40)19(2)3)25-12-9-13-26(38)30(25)36-24)28-22(34)14-21(15-23(28)35)41-18-20-10-7-6-8-11-20/h6-15,19,31,36,38H,5,16-18H2,1-4H3. The van der Waals surface area contributed by atoms with Gasteiger partial charge in [-0.3, -0.25) is 14.5 Å². The number of anilines is 2. The topological polar surface area (TPSA) is 78.9 Å². The average molecular weight is 561 g/mol. The van der Waals surface area contributed by atoms with Crippen LogP contribution in [0.2, 0.25) is 0 Å². The molecule has 0 bridgehead atoms. The normalized spacial score (nSPS) is 20.3. The van der Waals surface area contributed by atoms with Crippen LogP contribution in [0.15, 0.2) is 71.9 Å². The number of rotatable bonds is 6. The summed E-state index contributed by atoms with van der Waals surface area (Å²) in [6.07, 6.45) is 1.26. The Bertz CT molecular complexity index is 1510. The van der Waals surface area contributed by atoms with Gasteiger partial charge in [0.2, 0.25) is 5.91 Å². The number of carbonyl (C=O) groups is 2. The van der Waals surface area contributed by atoms with Crippen LogP contribution in [0.5, 0.6) is 11.5 Å². The highest BCUT2D eigenvalue weighted by Gasteiger charge is 2.46. The number of aromatic hydroxyl groups is 1. The van der Waals surface area contributed by atoms with Gasteiger partial charge in [-0.05, 0) is 36.0 Å². The number of Topliss-reactive ketones (excluding diaryl/α,β-unsaturated/α-hetero) is 1. The van der Waals surface area contributed by atoms with Gasteiger partial charge in [0.05, 0.1) is 17.3 Å². The van der Waals surface area contributed by atoms with Gasteiger partial charge in [-0.25, -0.2) is 8.78 Å². The summed E-state index contributed by atoms with van der Waals surface area (Å²) < 4.78 is 37.9. The van der Waals surface area contributed by atoms with Crippen molar-refractivity contribution in [3.05, 3.63) is 94.7 Å². The molecule has 0 fully saturated rings. The van der Waals surface area contributed by atoms with Gasteiger partial charge in [-0.15, -0.1) is 0 Å². The number of nitrogens with zero attached hydrogens (tertiary/aromatic N) is 1. The number of allylic oxidation sites excluding steroid dienone is 1. The van der Waals surface area contributed by atoms with E-state index in [1.54, 1.807) is 26.0 Å². The van der Waals surface area contributed by atoms with Crippen LogP contribution < -0.4 is 15.0 Å². The molecule has 8 heteroatoms. The number of nitrogens with one attached hydrogen (secondary N) is 1. The second-order valence-corrected chi connectivity index (χ2v) is 11.5. The highest BCUT2D eigenvalue weighted by Crippen LogP contribution is 2.52. The molecule has 2 unspecified atom stereocenters. The number of phenols is 1.